The summed E-state index contributed by atoms with van der Waals surface area (Å²) in [6, 6.07) is 8.54. The van der Waals surface area contributed by atoms with Crippen molar-refractivity contribution in [1.82, 2.24) is 14.9 Å². The topological polar surface area (TPSA) is 79.8 Å². The first-order valence-corrected chi connectivity index (χ1v) is 5.55. The van der Waals surface area contributed by atoms with Gasteiger partial charge in [0, 0.05) is 5.56 Å². The second kappa shape index (κ2) is 4.92. The van der Waals surface area contributed by atoms with Crippen LogP contribution in [-0.4, -0.2) is 20.8 Å². The summed E-state index contributed by atoms with van der Waals surface area (Å²) in [5.41, 5.74) is 2.63. The highest BCUT2D eigenvalue weighted by Gasteiger charge is 2.08. The lowest BCUT2D eigenvalue weighted by atomic mass is 10.2. The van der Waals surface area contributed by atoms with Crippen LogP contribution in [0.4, 0.5) is 0 Å². The van der Waals surface area contributed by atoms with Crippen LogP contribution in [0.5, 0.6) is 0 Å². The molecule has 0 spiro atoms. The monoisotopic (exact) mass is 262 g/mol. The molecule has 0 aliphatic heterocycles. The van der Waals surface area contributed by atoms with Gasteiger partial charge in [-0.15, -0.1) is 0 Å². The lowest BCUT2D eigenvalue weighted by molar-refractivity contribution is 0.101. The molecule has 2 N–H and O–H groups in total. The molecule has 2 aromatic rings. The van der Waals surface area contributed by atoms with Gasteiger partial charge in [-0.25, -0.2) is 0 Å². The summed E-state index contributed by atoms with van der Waals surface area (Å²) >= 11 is 4.90. The number of rotatable bonds is 2. The fourth-order valence-electron chi connectivity index (χ4n) is 1.34. The number of H-pyrrole nitrogens is 1. The zero-order valence-electron chi connectivity index (χ0n) is 9.51. The molecule has 1 amide bonds. The molecule has 6 nitrogen and oxygen atoms in total. The second-order valence-corrected chi connectivity index (χ2v) is 3.95. The number of benzene rings is 1. The van der Waals surface area contributed by atoms with E-state index in [1.54, 1.807) is 30.3 Å². The number of carbonyl (C=O) groups excluding carboxylic acids is 1. The number of aromatic nitrogens is 3. The highest BCUT2D eigenvalue weighted by Crippen LogP contribution is 1.98. The highest BCUT2D eigenvalue weighted by molar-refractivity contribution is 7.71. The molecule has 1 aromatic heterocycles. The zero-order chi connectivity index (χ0) is 13.1. The molecule has 0 aliphatic carbocycles. The number of hydrogen-bond acceptors (Lipinski definition) is 4. The van der Waals surface area contributed by atoms with Gasteiger partial charge in [-0.3, -0.25) is 20.1 Å². The number of nitrogens with one attached hydrogen (secondary N) is 2. The van der Waals surface area contributed by atoms with Crippen LogP contribution in [0.3, 0.4) is 0 Å². The summed E-state index contributed by atoms with van der Waals surface area (Å²) in [5.74, 6) is -0.414. The molecule has 0 fully saturated rings. The minimum Gasteiger partial charge on any atom is -0.267 e. The molecule has 0 unspecified atom stereocenters. The number of carbonyl (C=O) groups is 1. The van der Waals surface area contributed by atoms with E-state index in [9.17, 15) is 9.59 Å². The predicted molar refractivity (Wildman–Crippen MR) is 68.6 cm³/mol. The number of aryl methyl sites for hydroxylation is 1. The number of hydrogen-bond donors (Lipinski definition) is 2. The largest absolute Gasteiger partial charge is 0.295 e. The Labute approximate surface area is 107 Å². The number of amides is 1. The Morgan fingerprint density at radius 1 is 1.39 bits per heavy atom. The maximum Gasteiger partial charge on any atom is 0.295 e. The molecule has 18 heavy (non-hydrogen) atoms. The number of nitrogens with zero attached hydrogens (tertiary/aromatic N) is 2. The Morgan fingerprint density at radius 3 is 2.72 bits per heavy atom. The molecule has 92 valence electrons. The van der Waals surface area contributed by atoms with E-state index in [1.807, 2.05) is 0 Å². The van der Waals surface area contributed by atoms with Gasteiger partial charge < -0.3 is 0 Å². The Kier molecular flexibility index (Phi) is 3.33. The lowest BCUT2D eigenvalue weighted by Gasteiger charge is -2.07. The fraction of sp³-hybridized carbons (Fsp3) is 0.0909. The van der Waals surface area contributed by atoms with Crippen molar-refractivity contribution in [2.24, 2.45) is 0 Å². The van der Waals surface area contributed by atoms with E-state index in [0.717, 1.165) is 4.68 Å². The van der Waals surface area contributed by atoms with Gasteiger partial charge in [-0.05, 0) is 31.3 Å². The van der Waals surface area contributed by atoms with Gasteiger partial charge >= 0.3 is 0 Å². The van der Waals surface area contributed by atoms with Gasteiger partial charge in [0.05, 0.1) is 0 Å². The Bertz CT molecular complexity index is 690. The summed E-state index contributed by atoms with van der Waals surface area (Å²) in [7, 11) is 0. The van der Waals surface area contributed by atoms with Crippen LogP contribution >= 0.6 is 12.2 Å². The van der Waals surface area contributed by atoms with E-state index in [2.05, 4.69) is 15.6 Å². The van der Waals surface area contributed by atoms with Crippen LogP contribution in [0.25, 0.3) is 0 Å². The van der Waals surface area contributed by atoms with Crippen LogP contribution in [0, 0.1) is 11.7 Å². The van der Waals surface area contributed by atoms with Crippen molar-refractivity contribution in [3.05, 3.63) is 56.7 Å². The van der Waals surface area contributed by atoms with Crippen LogP contribution in [0.15, 0.2) is 35.1 Å². The van der Waals surface area contributed by atoms with Crippen molar-refractivity contribution in [3.8, 4) is 0 Å². The summed E-state index contributed by atoms with van der Waals surface area (Å²) in [4.78, 5) is 23.6. The second-order valence-electron chi connectivity index (χ2n) is 3.56. The van der Waals surface area contributed by atoms with E-state index in [-0.39, 0.29) is 10.5 Å². The molecule has 1 aromatic carbocycles. The first kappa shape index (κ1) is 12.2. The molecule has 0 atom stereocenters. The first-order valence-electron chi connectivity index (χ1n) is 5.14. The normalized spacial score (nSPS) is 10.1. The average molecular weight is 262 g/mol. The lowest BCUT2D eigenvalue weighted by Crippen LogP contribution is -2.36. The zero-order valence-corrected chi connectivity index (χ0v) is 10.3. The van der Waals surface area contributed by atoms with Gasteiger partial charge in [0.15, 0.2) is 0 Å². The quantitative estimate of drug-likeness (QED) is 0.791. The third-order valence-corrected chi connectivity index (χ3v) is 2.56. The van der Waals surface area contributed by atoms with Gasteiger partial charge in [-0.1, -0.05) is 18.2 Å². The standard InChI is InChI=1S/C11H10N4O2S/c1-7-10(17)15(11(18)13-12-7)14-9(16)8-5-3-2-4-6-8/h2-6H,1H3,(H,13,18)(H,14,16). The van der Waals surface area contributed by atoms with Crippen molar-refractivity contribution in [2.45, 2.75) is 6.92 Å². The van der Waals surface area contributed by atoms with Crippen LogP contribution in [0.2, 0.25) is 0 Å². The SMILES string of the molecule is Cc1n[nH]c(=S)n(NC(=O)c2ccccc2)c1=O. The molecule has 1 heterocycles. The maximum absolute atomic E-state index is 11.9. The smallest absolute Gasteiger partial charge is 0.267 e. The van der Waals surface area contributed by atoms with E-state index < -0.39 is 11.5 Å². The molecule has 0 radical (unpaired) electrons. The van der Waals surface area contributed by atoms with Crippen LogP contribution in [-0.2, 0) is 0 Å². The Balaban J connectivity index is 2.37. The van der Waals surface area contributed by atoms with Crippen molar-refractivity contribution >= 4 is 18.1 Å². The van der Waals surface area contributed by atoms with Gasteiger partial charge in [-0.2, -0.15) is 9.77 Å². The summed E-state index contributed by atoms with van der Waals surface area (Å²) in [5, 5.41) is 6.18. The highest BCUT2D eigenvalue weighted by atomic mass is 32.1. The fourth-order valence-corrected chi connectivity index (χ4v) is 1.51. The van der Waals surface area contributed by atoms with E-state index >= 15 is 0 Å². The van der Waals surface area contributed by atoms with Crippen molar-refractivity contribution in [1.29, 1.82) is 0 Å². The summed E-state index contributed by atoms with van der Waals surface area (Å²) in [6.07, 6.45) is 0. The van der Waals surface area contributed by atoms with Gasteiger partial charge in [0.2, 0.25) is 4.77 Å². The minimum atomic E-state index is -0.456. The summed E-state index contributed by atoms with van der Waals surface area (Å²) < 4.78 is 1.00. The van der Waals surface area contributed by atoms with Crippen molar-refractivity contribution < 1.29 is 4.79 Å². The summed E-state index contributed by atoms with van der Waals surface area (Å²) in [6.45, 7) is 1.53. The Hall–Kier alpha value is -2.28. The van der Waals surface area contributed by atoms with Gasteiger partial charge in [0.25, 0.3) is 11.5 Å². The first-order chi connectivity index (χ1) is 8.59. The third-order valence-electron chi connectivity index (χ3n) is 2.28. The van der Waals surface area contributed by atoms with Crippen LogP contribution < -0.4 is 11.0 Å². The molecular weight excluding hydrogens is 252 g/mol. The third kappa shape index (κ3) is 2.35. The minimum absolute atomic E-state index is 0.0369. The molecule has 0 saturated heterocycles. The maximum atomic E-state index is 11.9. The van der Waals surface area contributed by atoms with E-state index in [1.165, 1.54) is 6.92 Å². The van der Waals surface area contributed by atoms with E-state index in [0.29, 0.717) is 5.56 Å². The number of aromatic amines is 1. The Morgan fingerprint density at radius 2 is 2.06 bits per heavy atom. The van der Waals surface area contributed by atoms with Crippen molar-refractivity contribution in [3.63, 3.8) is 0 Å². The molecular formula is C11H10N4O2S. The van der Waals surface area contributed by atoms with Crippen LogP contribution in [0.1, 0.15) is 16.1 Å². The van der Waals surface area contributed by atoms with E-state index in [4.69, 9.17) is 12.2 Å². The molecule has 2 rings (SSSR count). The van der Waals surface area contributed by atoms with Crippen molar-refractivity contribution in [2.75, 3.05) is 5.43 Å². The molecule has 0 bridgehead atoms. The van der Waals surface area contributed by atoms with Gasteiger partial charge in [0.1, 0.15) is 5.69 Å². The molecule has 7 heteroatoms. The predicted octanol–water partition coefficient (Wildman–Crippen LogP) is 0.993. The average Bonchev–Trinajstić information content (AvgIpc) is 2.40. The molecule has 0 aliphatic rings. The molecule has 0 saturated carbocycles.